The van der Waals surface area contributed by atoms with E-state index in [0.717, 1.165) is 37.3 Å². The molecule has 112 valence electrons. The molecule has 0 bridgehead atoms. The van der Waals surface area contributed by atoms with Crippen LogP contribution in [0.25, 0.3) is 0 Å². The first-order chi connectivity index (χ1) is 9.54. The summed E-state index contributed by atoms with van der Waals surface area (Å²) >= 11 is 0. The quantitative estimate of drug-likeness (QED) is 0.823. The number of aromatic nitrogens is 2. The van der Waals surface area contributed by atoms with Gasteiger partial charge in [0.2, 0.25) is 5.89 Å². The smallest absolute Gasteiger partial charge is 0.229 e. The molecule has 0 unspecified atom stereocenters. The lowest BCUT2D eigenvalue weighted by Gasteiger charge is -2.35. The molecular formula is C16H26N2O2. The Morgan fingerprint density at radius 3 is 2.35 bits per heavy atom. The predicted octanol–water partition coefficient (Wildman–Crippen LogP) is 3.89. The van der Waals surface area contributed by atoms with Crippen molar-refractivity contribution in [1.29, 1.82) is 0 Å². The fourth-order valence-corrected chi connectivity index (χ4v) is 3.52. The molecule has 1 saturated heterocycles. The van der Waals surface area contributed by atoms with Gasteiger partial charge in [0, 0.05) is 18.4 Å². The molecule has 1 aromatic heterocycles. The minimum absolute atomic E-state index is 0.346. The summed E-state index contributed by atoms with van der Waals surface area (Å²) in [5, 5.41) is 4.18. The molecule has 2 fully saturated rings. The topological polar surface area (TPSA) is 48.2 Å². The van der Waals surface area contributed by atoms with Crippen molar-refractivity contribution in [3.8, 4) is 0 Å². The monoisotopic (exact) mass is 278 g/mol. The fourth-order valence-electron chi connectivity index (χ4n) is 3.52. The highest BCUT2D eigenvalue weighted by molar-refractivity contribution is 5.02. The van der Waals surface area contributed by atoms with E-state index < -0.39 is 0 Å². The maximum atomic E-state index is 5.52. The average Bonchev–Trinajstić information content (AvgIpc) is 3.09. The predicted molar refractivity (Wildman–Crippen MR) is 76.6 cm³/mol. The van der Waals surface area contributed by atoms with Gasteiger partial charge in [0.15, 0.2) is 5.82 Å². The van der Waals surface area contributed by atoms with Crippen molar-refractivity contribution in [1.82, 2.24) is 10.1 Å². The Kier molecular flexibility index (Phi) is 3.85. The Labute approximate surface area is 121 Å². The number of hydrogen-bond donors (Lipinski definition) is 0. The first-order valence-corrected chi connectivity index (χ1v) is 7.95. The molecule has 3 rings (SSSR count). The van der Waals surface area contributed by atoms with Crippen LogP contribution in [0.3, 0.4) is 0 Å². The molecule has 1 saturated carbocycles. The fraction of sp³-hybridized carbons (Fsp3) is 0.875. The molecule has 1 atom stereocenters. The molecular weight excluding hydrogens is 252 g/mol. The Morgan fingerprint density at radius 2 is 1.75 bits per heavy atom. The highest BCUT2D eigenvalue weighted by Gasteiger charge is 2.33. The van der Waals surface area contributed by atoms with Crippen LogP contribution >= 0.6 is 0 Å². The van der Waals surface area contributed by atoms with Gasteiger partial charge in [-0.1, -0.05) is 25.9 Å². The lowest BCUT2D eigenvalue weighted by molar-refractivity contribution is 0.159. The molecule has 0 N–H and O–H groups in total. The summed E-state index contributed by atoms with van der Waals surface area (Å²) in [4.78, 5) is 4.65. The van der Waals surface area contributed by atoms with Gasteiger partial charge in [-0.25, -0.2) is 0 Å². The number of ether oxygens (including phenoxy) is 1. The Bertz CT molecular complexity index is 436. The molecule has 0 amide bonds. The van der Waals surface area contributed by atoms with Gasteiger partial charge in [-0.3, -0.25) is 0 Å². The third-order valence-corrected chi connectivity index (χ3v) is 5.05. The summed E-state index contributed by atoms with van der Waals surface area (Å²) < 4.78 is 10.9. The van der Waals surface area contributed by atoms with Crippen LogP contribution in [0.4, 0.5) is 0 Å². The van der Waals surface area contributed by atoms with Crippen LogP contribution in [-0.4, -0.2) is 23.4 Å². The minimum atomic E-state index is 0.346. The zero-order valence-electron chi connectivity index (χ0n) is 12.9. The van der Waals surface area contributed by atoms with E-state index in [2.05, 4.69) is 30.9 Å². The Morgan fingerprint density at radius 1 is 1.00 bits per heavy atom. The Hall–Kier alpha value is -0.900. The number of hydrogen-bond acceptors (Lipinski definition) is 4. The lowest BCUT2D eigenvalue weighted by Crippen LogP contribution is -2.25. The van der Waals surface area contributed by atoms with Gasteiger partial charge in [0.25, 0.3) is 0 Å². The van der Waals surface area contributed by atoms with Crippen molar-refractivity contribution in [2.75, 3.05) is 13.2 Å². The molecule has 0 radical (unpaired) electrons. The largest absolute Gasteiger partial charge is 0.381 e. The van der Waals surface area contributed by atoms with Crippen molar-refractivity contribution in [3.05, 3.63) is 11.7 Å². The second-order valence-electron chi connectivity index (χ2n) is 7.47. The normalized spacial score (nSPS) is 31.6. The van der Waals surface area contributed by atoms with Gasteiger partial charge >= 0.3 is 0 Å². The zero-order chi connectivity index (χ0) is 14.2. The van der Waals surface area contributed by atoms with E-state index in [0.29, 0.717) is 17.3 Å². The molecule has 2 heterocycles. The summed E-state index contributed by atoms with van der Waals surface area (Å²) in [6.45, 7) is 8.62. The van der Waals surface area contributed by atoms with Crippen LogP contribution in [0.5, 0.6) is 0 Å². The molecule has 1 aliphatic carbocycles. The highest BCUT2D eigenvalue weighted by atomic mass is 16.5. The van der Waals surface area contributed by atoms with E-state index in [1.165, 1.54) is 25.7 Å². The van der Waals surface area contributed by atoms with E-state index in [9.17, 15) is 0 Å². The number of rotatable bonds is 2. The van der Waals surface area contributed by atoms with E-state index in [1.54, 1.807) is 0 Å². The summed E-state index contributed by atoms with van der Waals surface area (Å²) in [5.74, 6) is 3.36. The van der Waals surface area contributed by atoms with Crippen molar-refractivity contribution >= 4 is 0 Å². The molecule has 1 aromatic rings. The average molecular weight is 278 g/mol. The summed E-state index contributed by atoms with van der Waals surface area (Å²) in [7, 11) is 0. The summed E-state index contributed by atoms with van der Waals surface area (Å²) in [6, 6.07) is 0. The van der Waals surface area contributed by atoms with Gasteiger partial charge < -0.3 is 9.26 Å². The lowest BCUT2D eigenvalue weighted by atomic mass is 9.70. The third-order valence-electron chi connectivity index (χ3n) is 5.05. The molecule has 2 aliphatic rings. The van der Waals surface area contributed by atoms with Crippen LogP contribution in [0.15, 0.2) is 4.52 Å². The van der Waals surface area contributed by atoms with Crippen molar-refractivity contribution < 1.29 is 9.26 Å². The van der Waals surface area contributed by atoms with E-state index in [4.69, 9.17) is 9.26 Å². The van der Waals surface area contributed by atoms with Gasteiger partial charge in [-0.15, -0.1) is 0 Å². The SMILES string of the molecule is CC(C)(C)C1CCC(c2nc([C@H]3CCOC3)no2)CC1. The molecule has 4 heteroatoms. The second kappa shape index (κ2) is 5.47. The number of nitrogens with zero attached hydrogens (tertiary/aromatic N) is 2. The van der Waals surface area contributed by atoms with Gasteiger partial charge in [0.05, 0.1) is 6.61 Å². The van der Waals surface area contributed by atoms with E-state index >= 15 is 0 Å². The highest BCUT2D eigenvalue weighted by Crippen LogP contribution is 2.43. The van der Waals surface area contributed by atoms with E-state index in [1.807, 2.05) is 0 Å². The van der Waals surface area contributed by atoms with Crippen LogP contribution in [0.2, 0.25) is 0 Å². The minimum Gasteiger partial charge on any atom is -0.381 e. The van der Waals surface area contributed by atoms with Crippen molar-refractivity contribution in [3.63, 3.8) is 0 Å². The van der Waals surface area contributed by atoms with Gasteiger partial charge in [-0.2, -0.15) is 4.98 Å². The van der Waals surface area contributed by atoms with E-state index in [-0.39, 0.29) is 0 Å². The maximum Gasteiger partial charge on any atom is 0.229 e. The molecule has 1 aliphatic heterocycles. The molecule has 0 aromatic carbocycles. The van der Waals surface area contributed by atoms with Crippen molar-refractivity contribution in [2.24, 2.45) is 11.3 Å². The summed E-state index contributed by atoms with van der Waals surface area (Å²) in [6.07, 6.45) is 5.95. The van der Waals surface area contributed by atoms with Crippen molar-refractivity contribution in [2.45, 2.75) is 64.7 Å². The summed E-state index contributed by atoms with van der Waals surface area (Å²) in [5.41, 5.74) is 0.423. The van der Waals surface area contributed by atoms with Gasteiger partial charge in [0.1, 0.15) is 0 Å². The van der Waals surface area contributed by atoms with Crippen LogP contribution in [0, 0.1) is 11.3 Å². The standard InChI is InChI=1S/C16H26N2O2/c1-16(2,3)13-6-4-11(5-7-13)15-17-14(18-20-15)12-8-9-19-10-12/h11-13H,4-10H2,1-3H3/t11?,12-,13?/m0/s1. The first-order valence-electron chi connectivity index (χ1n) is 7.95. The van der Waals surface area contributed by atoms with Crippen LogP contribution in [-0.2, 0) is 4.74 Å². The second-order valence-corrected chi connectivity index (χ2v) is 7.47. The molecule has 20 heavy (non-hydrogen) atoms. The van der Waals surface area contributed by atoms with Crippen LogP contribution in [0.1, 0.15) is 76.4 Å². The third kappa shape index (κ3) is 2.90. The van der Waals surface area contributed by atoms with Crippen LogP contribution < -0.4 is 0 Å². The van der Waals surface area contributed by atoms with Gasteiger partial charge in [-0.05, 0) is 43.4 Å². The zero-order valence-corrected chi connectivity index (χ0v) is 12.9. The molecule has 0 spiro atoms. The molecule has 4 nitrogen and oxygen atoms in total. The Balaban J connectivity index is 1.61. The maximum absolute atomic E-state index is 5.52. The first kappa shape index (κ1) is 14.1.